The van der Waals surface area contributed by atoms with Crippen LogP contribution < -0.4 is 10.1 Å². The van der Waals surface area contributed by atoms with Crippen molar-refractivity contribution in [2.45, 2.75) is 31.7 Å². The van der Waals surface area contributed by atoms with Crippen molar-refractivity contribution < 1.29 is 14.3 Å². The lowest BCUT2D eigenvalue weighted by Crippen LogP contribution is -2.32. The summed E-state index contributed by atoms with van der Waals surface area (Å²) in [4.78, 5) is 25.5. The van der Waals surface area contributed by atoms with Crippen LogP contribution >= 0.6 is 15.9 Å². The van der Waals surface area contributed by atoms with Crippen molar-refractivity contribution in [2.24, 2.45) is 0 Å². The van der Waals surface area contributed by atoms with Gasteiger partial charge in [0, 0.05) is 25.7 Å². The zero-order chi connectivity index (χ0) is 18.0. The molecule has 25 heavy (non-hydrogen) atoms. The molecular weight excluding hydrogens is 384 g/mol. The molecule has 0 spiro atoms. The summed E-state index contributed by atoms with van der Waals surface area (Å²) in [5.41, 5.74) is 0.643. The second-order valence-electron chi connectivity index (χ2n) is 6.53. The Bertz CT molecular complexity index is 814. The monoisotopic (exact) mass is 404 g/mol. The topological polar surface area (TPSA) is 58.6 Å². The van der Waals surface area contributed by atoms with Gasteiger partial charge in [-0.3, -0.25) is 4.79 Å². The minimum absolute atomic E-state index is 0.0342. The lowest BCUT2D eigenvalue weighted by atomic mass is 10.1. The first-order chi connectivity index (χ1) is 12.0. The highest BCUT2D eigenvalue weighted by atomic mass is 79.9. The largest absolute Gasteiger partial charge is 0.414 e. The van der Waals surface area contributed by atoms with Crippen LogP contribution in [0.4, 0.5) is 4.79 Å². The summed E-state index contributed by atoms with van der Waals surface area (Å²) < 4.78 is 6.04. The molecule has 2 aromatic carbocycles. The zero-order valence-electron chi connectivity index (χ0n) is 14.3. The first-order valence-corrected chi connectivity index (χ1v) is 9.17. The number of carbonyl (C=O) groups is 2. The van der Waals surface area contributed by atoms with Gasteiger partial charge in [-0.1, -0.05) is 25.0 Å². The van der Waals surface area contributed by atoms with Gasteiger partial charge in [0.25, 0.3) is 5.91 Å². The Labute approximate surface area is 155 Å². The summed E-state index contributed by atoms with van der Waals surface area (Å²) in [7, 11) is 3.26. The average Bonchev–Trinajstić information content (AvgIpc) is 3.09. The summed E-state index contributed by atoms with van der Waals surface area (Å²) in [6.07, 6.45) is 4.05. The van der Waals surface area contributed by atoms with E-state index in [0.29, 0.717) is 21.8 Å². The predicted molar refractivity (Wildman–Crippen MR) is 101 cm³/mol. The summed E-state index contributed by atoms with van der Waals surface area (Å²) in [5, 5.41) is 4.90. The van der Waals surface area contributed by atoms with Crippen LogP contribution in [0.2, 0.25) is 0 Å². The molecule has 0 unspecified atom stereocenters. The molecule has 5 nitrogen and oxygen atoms in total. The van der Waals surface area contributed by atoms with Crippen LogP contribution in [0.3, 0.4) is 0 Å². The number of ether oxygens (including phenoxy) is 1. The highest BCUT2D eigenvalue weighted by molar-refractivity contribution is 9.10. The van der Waals surface area contributed by atoms with E-state index in [1.165, 1.54) is 17.7 Å². The maximum absolute atomic E-state index is 12.4. The van der Waals surface area contributed by atoms with Crippen LogP contribution in [-0.4, -0.2) is 37.0 Å². The molecule has 1 saturated carbocycles. The fraction of sp³-hybridized carbons (Fsp3) is 0.368. The molecule has 0 bridgehead atoms. The van der Waals surface area contributed by atoms with Crippen LogP contribution in [-0.2, 0) is 0 Å². The van der Waals surface area contributed by atoms with Gasteiger partial charge in [-0.15, -0.1) is 0 Å². The van der Waals surface area contributed by atoms with Gasteiger partial charge >= 0.3 is 6.09 Å². The number of amides is 2. The Balaban J connectivity index is 1.83. The second kappa shape index (κ2) is 7.44. The molecule has 0 saturated heterocycles. The van der Waals surface area contributed by atoms with E-state index < -0.39 is 6.09 Å². The van der Waals surface area contributed by atoms with Gasteiger partial charge in [-0.25, -0.2) is 4.79 Å². The van der Waals surface area contributed by atoms with Gasteiger partial charge in [0.05, 0.1) is 4.47 Å². The molecule has 0 heterocycles. The van der Waals surface area contributed by atoms with Crippen molar-refractivity contribution in [1.29, 1.82) is 0 Å². The second-order valence-corrected chi connectivity index (χ2v) is 7.32. The van der Waals surface area contributed by atoms with E-state index in [0.717, 1.165) is 23.6 Å². The van der Waals surface area contributed by atoms with E-state index in [1.807, 2.05) is 18.2 Å². The number of nitrogens with zero attached hydrogens (tertiary/aromatic N) is 1. The summed E-state index contributed by atoms with van der Waals surface area (Å²) >= 11 is 3.50. The molecule has 2 amide bonds. The lowest BCUT2D eigenvalue weighted by molar-refractivity contribution is 0.0938. The predicted octanol–water partition coefficient (Wildman–Crippen LogP) is 4.34. The summed E-state index contributed by atoms with van der Waals surface area (Å²) in [5.74, 6) is 0.419. The minimum Gasteiger partial charge on any atom is -0.409 e. The van der Waals surface area contributed by atoms with Gasteiger partial charge in [-0.05, 0) is 57.7 Å². The Morgan fingerprint density at radius 1 is 1.16 bits per heavy atom. The van der Waals surface area contributed by atoms with Crippen LogP contribution in [0.15, 0.2) is 34.8 Å². The number of halogens is 1. The number of fused-ring (bicyclic) bond motifs is 1. The quantitative estimate of drug-likeness (QED) is 0.827. The summed E-state index contributed by atoms with van der Waals surface area (Å²) in [6.45, 7) is 0. The fourth-order valence-electron chi connectivity index (χ4n) is 3.02. The van der Waals surface area contributed by atoms with Crippen molar-refractivity contribution in [2.75, 3.05) is 14.1 Å². The highest BCUT2D eigenvalue weighted by Gasteiger charge is 2.18. The first kappa shape index (κ1) is 17.7. The van der Waals surface area contributed by atoms with Crippen molar-refractivity contribution in [1.82, 2.24) is 10.2 Å². The Morgan fingerprint density at radius 2 is 1.88 bits per heavy atom. The molecule has 3 rings (SSSR count). The SMILES string of the molecule is CN(C)C(=O)Oc1ccc2cc(C(=O)NC3CCCC3)ccc2c1Br. The normalized spacial score (nSPS) is 14.5. The van der Waals surface area contributed by atoms with E-state index in [9.17, 15) is 9.59 Å². The van der Waals surface area contributed by atoms with Gasteiger partial charge in [0.15, 0.2) is 0 Å². The van der Waals surface area contributed by atoms with E-state index >= 15 is 0 Å². The van der Waals surface area contributed by atoms with Crippen molar-refractivity contribution >= 4 is 38.7 Å². The van der Waals surface area contributed by atoms with Crippen LogP contribution in [0, 0.1) is 0 Å². The number of hydrogen-bond donors (Lipinski definition) is 1. The molecule has 1 fully saturated rings. The van der Waals surface area contributed by atoms with Gasteiger partial charge in [-0.2, -0.15) is 0 Å². The van der Waals surface area contributed by atoms with Crippen molar-refractivity contribution in [3.05, 3.63) is 40.4 Å². The van der Waals surface area contributed by atoms with Gasteiger partial charge < -0.3 is 15.0 Å². The molecule has 6 heteroatoms. The van der Waals surface area contributed by atoms with Crippen LogP contribution in [0.1, 0.15) is 36.0 Å². The maximum atomic E-state index is 12.4. The third-order valence-electron chi connectivity index (χ3n) is 4.43. The smallest absolute Gasteiger partial charge is 0.409 e. The molecule has 132 valence electrons. The average molecular weight is 405 g/mol. The van der Waals surface area contributed by atoms with E-state index in [4.69, 9.17) is 4.74 Å². The standard InChI is InChI=1S/C19H21BrN2O3/c1-22(2)19(24)25-16-10-8-12-11-13(7-9-15(12)17(16)20)18(23)21-14-5-3-4-6-14/h7-11,14H,3-6H2,1-2H3,(H,21,23). The molecule has 1 aliphatic rings. The van der Waals surface area contributed by atoms with E-state index in [2.05, 4.69) is 21.2 Å². The van der Waals surface area contributed by atoms with E-state index in [1.54, 1.807) is 26.2 Å². The number of hydrogen-bond acceptors (Lipinski definition) is 3. The van der Waals surface area contributed by atoms with Gasteiger partial charge in [0.2, 0.25) is 0 Å². The minimum atomic E-state index is -0.437. The zero-order valence-corrected chi connectivity index (χ0v) is 15.9. The molecule has 0 radical (unpaired) electrons. The molecule has 1 N–H and O–H groups in total. The molecule has 0 atom stereocenters. The van der Waals surface area contributed by atoms with Gasteiger partial charge in [0.1, 0.15) is 5.75 Å². The molecular formula is C19H21BrN2O3. The van der Waals surface area contributed by atoms with Crippen LogP contribution in [0.25, 0.3) is 10.8 Å². The highest BCUT2D eigenvalue weighted by Crippen LogP contribution is 2.34. The molecule has 1 aliphatic carbocycles. The molecule has 2 aromatic rings. The Morgan fingerprint density at radius 3 is 2.56 bits per heavy atom. The third kappa shape index (κ3) is 3.95. The Hall–Kier alpha value is -2.08. The number of carbonyl (C=O) groups excluding carboxylic acids is 2. The third-order valence-corrected chi connectivity index (χ3v) is 5.25. The maximum Gasteiger partial charge on any atom is 0.414 e. The Kier molecular flexibility index (Phi) is 5.27. The van der Waals surface area contributed by atoms with Crippen molar-refractivity contribution in [3.8, 4) is 5.75 Å². The fourth-order valence-corrected chi connectivity index (χ4v) is 3.59. The molecule has 0 aliphatic heterocycles. The first-order valence-electron chi connectivity index (χ1n) is 8.38. The van der Waals surface area contributed by atoms with E-state index in [-0.39, 0.29) is 5.91 Å². The molecule has 0 aromatic heterocycles. The summed E-state index contributed by atoms with van der Waals surface area (Å²) in [6, 6.07) is 9.41. The van der Waals surface area contributed by atoms with Crippen molar-refractivity contribution in [3.63, 3.8) is 0 Å². The number of nitrogens with one attached hydrogen (secondary N) is 1. The number of benzene rings is 2. The number of rotatable bonds is 3. The lowest BCUT2D eigenvalue weighted by Gasteiger charge is -2.14. The van der Waals surface area contributed by atoms with Crippen LogP contribution in [0.5, 0.6) is 5.75 Å².